The van der Waals surface area contributed by atoms with Crippen molar-refractivity contribution in [2.45, 2.75) is 64.5 Å². The summed E-state index contributed by atoms with van der Waals surface area (Å²) in [5.41, 5.74) is 17.1. The number of anilines is 3. The van der Waals surface area contributed by atoms with Crippen LogP contribution in [0.1, 0.15) is 50.7 Å². The smallest absolute Gasteiger partial charge is 0.0473 e. The van der Waals surface area contributed by atoms with Gasteiger partial charge in [-0.2, -0.15) is 0 Å². The molecule has 2 bridgehead atoms. The number of nitrogens with zero attached hydrogens (tertiary/aromatic N) is 1. The molecule has 3 heteroatoms. The lowest BCUT2D eigenvalue weighted by Crippen LogP contribution is -2.49. The third kappa shape index (κ3) is 6.30. The summed E-state index contributed by atoms with van der Waals surface area (Å²) in [7, 11) is 0. The lowest BCUT2D eigenvalue weighted by molar-refractivity contribution is 0.0426. The normalized spacial score (nSPS) is 21.7. The maximum Gasteiger partial charge on any atom is 0.0473 e. The van der Waals surface area contributed by atoms with E-state index in [-0.39, 0.29) is 5.41 Å². The van der Waals surface area contributed by atoms with Crippen LogP contribution in [0.4, 0.5) is 17.1 Å². The van der Waals surface area contributed by atoms with Gasteiger partial charge in [-0.15, -0.1) is 0 Å². The summed E-state index contributed by atoms with van der Waals surface area (Å²) in [5.74, 6) is 3.06. The summed E-state index contributed by atoms with van der Waals surface area (Å²) in [6, 6.07) is 70.4. The molecule has 0 saturated heterocycles. The molecule has 4 aliphatic rings. The summed E-state index contributed by atoms with van der Waals surface area (Å²) in [5, 5.41) is 0. The third-order valence-electron chi connectivity index (χ3n) is 14.6. The van der Waals surface area contributed by atoms with Gasteiger partial charge in [-0.1, -0.05) is 165 Å². The van der Waals surface area contributed by atoms with Crippen LogP contribution in [0.5, 0.6) is 0 Å². The van der Waals surface area contributed by atoms with E-state index in [1.807, 2.05) is 23.5 Å². The molecule has 2 fully saturated rings. The van der Waals surface area contributed by atoms with Crippen LogP contribution in [0.15, 0.2) is 208 Å². The molecule has 2 saturated carbocycles. The maximum absolute atomic E-state index is 2.57. The fraction of sp³-hybridized carbons (Fsp3) is 0.186. The van der Waals surface area contributed by atoms with E-state index >= 15 is 0 Å². The molecule has 3 aliphatic carbocycles. The van der Waals surface area contributed by atoms with Crippen LogP contribution >= 0.6 is 23.5 Å². The summed E-state index contributed by atoms with van der Waals surface area (Å²) < 4.78 is 0. The highest BCUT2D eigenvalue weighted by molar-refractivity contribution is 8.05. The Morgan fingerprint density at radius 3 is 1.61 bits per heavy atom. The van der Waals surface area contributed by atoms with Crippen molar-refractivity contribution in [1.82, 2.24) is 0 Å². The van der Waals surface area contributed by atoms with Crippen LogP contribution in [0.25, 0.3) is 44.5 Å². The van der Waals surface area contributed by atoms with Crippen LogP contribution in [0.3, 0.4) is 0 Å². The van der Waals surface area contributed by atoms with Crippen molar-refractivity contribution < 1.29 is 0 Å². The molecule has 1 heterocycles. The topological polar surface area (TPSA) is 3.24 Å². The van der Waals surface area contributed by atoms with Crippen LogP contribution in [0, 0.1) is 23.7 Å². The van der Waals surface area contributed by atoms with E-state index < -0.39 is 0 Å². The van der Waals surface area contributed by atoms with Gasteiger partial charge < -0.3 is 4.90 Å². The predicted octanol–water partition coefficient (Wildman–Crippen LogP) is 17.1. The molecule has 1 spiro atoms. The van der Waals surface area contributed by atoms with Crippen molar-refractivity contribution in [3.63, 3.8) is 0 Å². The monoisotopic (exact) mass is 835 g/mol. The Bertz CT molecular complexity index is 2870. The average molecular weight is 836 g/mol. The van der Waals surface area contributed by atoms with E-state index in [1.54, 1.807) is 11.1 Å². The first-order valence-electron chi connectivity index (χ1n) is 22.5. The van der Waals surface area contributed by atoms with Gasteiger partial charge in [0.05, 0.1) is 0 Å². The van der Waals surface area contributed by atoms with E-state index in [0.29, 0.717) is 11.8 Å². The Morgan fingerprint density at radius 1 is 0.403 bits per heavy atom. The number of hydrogen-bond donors (Lipinski definition) is 0. The largest absolute Gasteiger partial charge is 0.310 e. The highest BCUT2D eigenvalue weighted by Gasteiger charge is 2.56. The zero-order valence-corrected chi connectivity index (χ0v) is 36.9. The Morgan fingerprint density at radius 2 is 0.919 bits per heavy atom. The van der Waals surface area contributed by atoms with Crippen LogP contribution in [-0.4, -0.2) is 0 Å². The first-order valence-corrected chi connectivity index (χ1v) is 24.1. The molecular weight excluding hydrogens is 787 g/mol. The van der Waals surface area contributed by atoms with Crippen molar-refractivity contribution >= 4 is 40.6 Å². The first-order chi connectivity index (χ1) is 30.5. The van der Waals surface area contributed by atoms with Gasteiger partial charge in [-0.3, -0.25) is 0 Å². The summed E-state index contributed by atoms with van der Waals surface area (Å²) >= 11 is 3.80. The zero-order valence-electron chi connectivity index (χ0n) is 35.3. The van der Waals surface area contributed by atoms with Gasteiger partial charge in [-0.05, 0) is 166 Å². The quantitative estimate of drug-likeness (QED) is 0.164. The van der Waals surface area contributed by atoms with E-state index in [2.05, 4.69) is 207 Å². The van der Waals surface area contributed by atoms with Gasteiger partial charge in [-0.25, -0.2) is 0 Å². The maximum atomic E-state index is 2.57. The van der Waals surface area contributed by atoms with E-state index in [0.717, 1.165) is 28.9 Å². The average Bonchev–Trinajstić information content (AvgIpc) is 3.61. The van der Waals surface area contributed by atoms with Crippen LogP contribution in [0.2, 0.25) is 0 Å². The van der Waals surface area contributed by atoms with Crippen molar-refractivity contribution in [2.75, 3.05) is 4.90 Å². The lowest BCUT2D eigenvalue weighted by Gasteiger charge is -2.54. The molecule has 12 rings (SSSR count). The molecular formula is C59H49NS2. The summed E-state index contributed by atoms with van der Waals surface area (Å²) in [6.07, 6.45) is 5.48. The lowest BCUT2D eigenvalue weighted by atomic mass is 9.49. The van der Waals surface area contributed by atoms with Gasteiger partial charge >= 0.3 is 0 Å². The molecule has 62 heavy (non-hydrogen) atoms. The zero-order chi connectivity index (χ0) is 41.4. The highest BCUT2D eigenvalue weighted by atomic mass is 32.2. The Hall–Kier alpha value is -5.74. The van der Waals surface area contributed by atoms with Crippen molar-refractivity contribution in [3.05, 3.63) is 199 Å². The van der Waals surface area contributed by atoms with Gasteiger partial charge in [0.15, 0.2) is 0 Å². The van der Waals surface area contributed by atoms with Gasteiger partial charge in [0.1, 0.15) is 0 Å². The standard InChI is InChI=1S/C59H49NS2/c1-38-31-40-33-39(2)59(47(32-38)34-40)53-16-10-9-15-51(53)52-35-45(21-28-54(52)59)46-22-29-55-57(36-46)62-58-37-50(27-30-56(58)61-55)60(48-23-17-43(18-24-48)41-11-5-3-6-12-41)49-25-19-44(20-26-49)42-13-7-4-8-14-42/h3-30,35-40,47H,31-34H2,1-2H3. The second-order valence-electron chi connectivity index (χ2n) is 18.3. The van der Waals surface area contributed by atoms with Crippen LogP contribution < -0.4 is 4.90 Å². The molecule has 8 aromatic rings. The minimum atomic E-state index is 0.126. The highest BCUT2D eigenvalue weighted by Crippen LogP contribution is 2.65. The Balaban J connectivity index is 0.888. The van der Waals surface area contributed by atoms with Crippen molar-refractivity contribution in [1.29, 1.82) is 0 Å². The number of benzene rings is 8. The molecule has 0 amide bonds. The predicted molar refractivity (Wildman–Crippen MR) is 262 cm³/mol. The van der Waals surface area contributed by atoms with E-state index in [9.17, 15) is 0 Å². The second-order valence-corrected chi connectivity index (χ2v) is 20.5. The number of rotatable bonds is 6. The number of fused-ring (bicyclic) bond motifs is 10. The molecule has 302 valence electrons. The van der Waals surface area contributed by atoms with Gasteiger partial charge in [0.2, 0.25) is 0 Å². The molecule has 0 aromatic heterocycles. The molecule has 5 unspecified atom stereocenters. The molecule has 8 aromatic carbocycles. The van der Waals surface area contributed by atoms with Crippen molar-refractivity contribution in [2.24, 2.45) is 23.7 Å². The summed E-state index contributed by atoms with van der Waals surface area (Å²) in [4.78, 5) is 7.64. The Kier molecular flexibility index (Phi) is 9.35. The third-order valence-corrected chi connectivity index (χ3v) is 17.2. The molecule has 0 N–H and O–H groups in total. The number of hydrogen-bond acceptors (Lipinski definition) is 3. The SMILES string of the molecule is CC1CC2CC(C)C3(c4ccccc4-c4cc(-c5ccc6c(c5)Sc5cc(N(c7ccc(-c8ccccc8)cc7)c7ccc(-c8ccccc8)cc7)ccc5S6)ccc43)C(C1)C2. The fourth-order valence-electron chi connectivity index (χ4n) is 12.1. The minimum absolute atomic E-state index is 0.126. The minimum Gasteiger partial charge on any atom is -0.310 e. The second kappa shape index (κ2) is 15.3. The fourth-order valence-corrected chi connectivity index (χ4v) is 14.4. The van der Waals surface area contributed by atoms with E-state index in [1.165, 1.54) is 89.8 Å². The van der Waals surface area contributed by atoms with Crippen LogP contribution in [-0.2, 0) is 5.41 Å². The van der Waals surface area contributed by atoms with E-state index in [4.69, 9.17) is 0 Å². The van der Waals surface area contributed by atoms with Gasteiger partial charge in [0.25, 0.3) is 0 Å². The molecule has 1 aliphatic heterocycles. The van der Waals surface area contributed by atoms with Gasteiger partial charge in [0, 0.05) is 42.1 Å². The molecule has 0 radical (unpaired) electrons. The molecule has 5 atom stereocenters. The molecule has 1 nitrogen and oxygen atoms in total. The summed E-state index contributed by atoms with van der Waals surface area (Å²) in [6.45, 7) is 5.07. The Labute approximate surface area is 375 Å². The van der Waals surface area contributed by atoms with Crippen molar-refractivity contribution in [3.8, 4) is 44.5 Å². The first kappa shape index (κ1) is 38.0.